The number of aliphatic hydroxyl groups is 1. The molecular weight excluding hydrogens is 304 g/mol. The SMILES string of the molecule is COCCn1ncc(Br)c1C1(O)CC(C(=O)O)C1. The van der Waals surface area contributed by atoms with Crippen LogP contribution >= 0.6 is 15.9 Å². The second-order valence-corrected chi connectivity index (χ2v) is 5.39. The fraction of sp³-hybridized carbons (Fsp3) is 0.636. The lowest BCUT2D eigenvalue weighted by Crippen LogP contribution is -2.46. The van der Waals surface area contributed by atoms with Gasteiger partial charge in [-0.2, -0.15) is 5.10 Å². The molecule has 0 aliphatic heterocycles. The van der Waals surface area contributed by atoms with Gasteiger partial charge in [0.2, 0.25) is 0 Å². The average molecular weight is 319 g/mol. The molecule has 1 saturated carbocycles. The van der Waals surface area contributed by atoms with Crippen molar-refractivity contribution in [1.29, 1.82) is 0 Å². The quantitative estimate of drug-likeness (QED) is 0.845. The van der Waals surface area contributed by atoms with E-state index < -0.39 is 17.5 Å². The van der Waals surface area contributed by atoms with Crippen LogP contribution in [0.4, 0.5) is 0 Å². The topological polar surface area (TPSA) is 84.6 Å². The molecule has 7 heteroatoms. The van der Waals surface area contributed by atoms with Gasteiger partial charge in [-0.25, -0.2) is 0 Å². The predicted octanol–water partition coefficient (Wildman–Crippen LogP) is 0.974. The summed E-state index contributed by atoms with van der Waals surface area (Å²) in [6.45, 7) is 1.01. The first-order chi connectivity index (χ1) is 8.48. The Kier molecular flexibility index (Phi) is 3.74. The first-order valence-corrected chi connectivity index (χ1v) is 6.43. The summed E-state index contributed by atoms with van der Waals surface area (Å²) in [6.07, 6.45) is 2.05. The van der Waals surface area contributed by atoms with Crippen LogP contribution in [0.5, 0.6) is 0 Å². The van der Waals surface area contributed by atoms with Crippen LogP contribution in [-0.4, -0.2) is 39.7 Å². The summed E-state index contributed by atoms with van der Waals surface area (Å²) >= 11 is 3.34. The highest BCUT2D eigenvalue weighted by Crippen LogP contribution is 2.47. The van der Waals surface area contributed by atoms with Crippen LogP contribution in [0.2, 0.25) is 0 Å². The summed E-state index contributed by atoms with van der Waals surface area (Å²) in [5.74, 6) is -1.34. The number of hydrogen-bond donors (Lipinski definition) is 2. The van der Waals surface area contributed by atoms with Crippen molar-refractivity contribution in [2.24, 2.45) is 5.92 Å². The minimum atomic E-state index is -1.11. The second-order valence-electron chi connectivity index (χ2n) is 4.53. The summed E-state index contributed by atoms with van der Waals surface area (Å²) in [5, 5.41) is 23.5. The van der Waals surface area contributed by atoms with E-state index in [1.807, 2.05) is 0 Å². The van der Waals surface area contributed by atoms with Crippen LogP contribution in [0, 0.1) is 5.92 Å². The van der Waals surface area contributed by atoms with Crippen molar-refractivity contribution in [2.45, 2.75) is 25.0 Å². The first kappa shape index (κ1) is 13.5. The van der Waals surface area contributed by atoms with Crippen molar-refractivity contribution in [3.8, 4) is 0 Å². The van der Waals surface area contributed by atoms with Gasteiger partial charge in [0.15, 0.2) is 0 Å². The van der Waals surface area contributed by atoms with Gasteiger partial charge < -0.3 is 14.9 Å². The zero-order valence-corrected chi connectivity index (χ0v) is 11.6. The molecule has 2 N–H and O–H groups in total. The molecule has 0 saturated heterocycles. The van der Waals surface area contributed by atoms with E-state index in [0.29, 0.717) is 23.3 Å². The van der Waals surface area contributed by atoms with E-state index in [2.05, 4.69) is 21.0 Å². The third-order valence-electron chi connectivity index (χ3n) is 3.26. The number of halogens is 1. The highest BCUT2D eigenvalue weighted by atomic mass is 79.9. The number of carbonyl (C=O) groups is 1. The molecule has 1 aromatic rings. The molecule has 1 aliphatic carbocycles. The van der Waals surface area contributed by atoms with E-state index in [4.69, 9.17) is 9.84 Å². The van der Waals surface area contributed by atoms with E-state index >= 15 is 0 Å². The second kappa shape index (κ2) is 4.99. The Labute approximate surface area is 113 Å². The van der Waals surface area contributed by atoms with E-state index in [0.717, 1.165) is 0 Å². The molecule has 0 aromatic carbocycles. The van der Waals surface area contributed by atoms with Gasteiger partial charge in [0, 0.05) is 7.11 Å². The molecule has 2 rings (SSSR count). The Bertz CT molecular complexity index is 454. The van der Waals surface area contributed by atoms with Crippen LogP contribution in [0.25, 0.3) is 0 Å². The van der Waals surface area contributed by atoms with Gasteiger partial charge in [-0.05, 0) is 28.8 Å². The van der Waals surface area contributed by atoms with Crippen molar-refractivity contribution in [3.63, 3.8) is 0 Å². The number of nitrogens with zero attached hydrogens (tertiary/aromatic N) is 2. The number of carboxylic acids is 1. The fourth-order valence-electron chi connectivity index (χ4n) is 2.30. The average Bonchev–Trinajstić information content (AvgIpc) is 2.63. The van der Waals surface area contributed by atoms with Crippen LogP contribution in [-0.2, 0) is 21.7 Å². The number of methoxy groups -OCH3 is 1. The van der Waals surface area contributed by atoms with Crippen molar-refractivity contribution in [1.82, 2.24) is 9.78 Å². The van der Waals surface area contributed by atoms with Gasteiger partial charge in [-0.15, -0.1) is 0 Å². The minimum absolute atomic E-state index is 0.222. The highest BCUT2D eigenvalue weighted by Gasteiger charge is 2.50. The standard InChI is InChI=1S/C11H15BrN2O4/c1-18-3-2-14-9(8(12)6-13-14)11(17)4-7(5-11)10(15)16/h6-7,17H,2-5H2,1H3,(H,15,16). The maximum absolute atomic E-state index is 10.8. The Balaban J connectivity index is 2.18. The first-order valence-electron chi connectivity index (χ1n) is 5.64. The summed E-state index contributed by atoms with van der Waals surface area (Å²) in [6, 6.07) is 0. The summed E-state index contributed by atoms with van der Waals surface area (Å²) < 4.78 is 7.34. The third kappa shape index (κ3) is 2.30. The van der Waals surface area contributed by atoms with Crippen molar-refractivity contribution < 1.29 is 19.7 Å². The molecule has 0 atom stereocenters. The Morgan fingerprint density at radius 2 is 2.39 bits per heavy atom. The molecular formula is C11H15BrN2O4. The van der Waals surface area contributed by atoms with Crippen molar-refractivity contribution >= 4 is 21.9 Å². The van der Waals surface area contributed by atoms with Gasteiger partial charge in [-0.3, -0.25) is 9.48 Å². The van der Waals surface area contributed by atoms with Crippen LogP contribution < -0.4 is 0 Å². The Hall–Kier alpha value is -0.920. The highest BCUT2D eigenvalue weighted by molar-refractivity contribution is 9.10. The van der Waals surface area contributed by atoms with Gasteiger partial charge in [-0.1, -0.05) is 0 Å². The van der Waals surface area contributed by atoms with Crippen molar-refractivity contribution in [2.75, 3.05) is 13.7 Å². The van der Waals surface area contributed by atoms with Crippen LogP contribution in [0.3, 0.4) is 0 Å². The summed E-state index contributed by atoms with van der Waals surface area (Å²) in [7, 11) is 1.59. The largest absolute Gasteiger partial charge is 0.481 e. The number of carboxylic acid groups (broad SMARTS) is 1. The molecule has 0 unspecified atom stereocenters. The molecule has 0 radical (unpaired) electrons. The molecule has 6 nitrogen and oxygen atoms in total. The molecule has 1 fully saturated rings. The zero-order valence-electron chi connectivity index (χ0n) is 9.97. The Morgan fingerprint density at radius 1 is 1.72 bits per heavy atom. The lowest BCUT2D eigenvalue weighted by molar-refractivity contribution is -0.160. The third-order valence-corrected chi connectivity index (χ3v) is 3.84. The number of aliphatic carboxylic acids is 1. The zero-order chi connectivity index (χ0) is 13.3. The van der Waals surface area contributed by atoms with Crippen molar-refractivity contribution in [3.05, 3.63) is 16.4 Å². The molecule has 0 amide bonds. The summed E-state index contributed by atoms with van der Waals surface area (Å²) in [4.78, 5) is 10.8. The van der Waals surface area contributed by atoms with Crippen LogP contribution in [0.1, 0.15) is 18.5 Å². The molecule has 100 valence electrons. The van der Waals surface area contributed by atoms with Gasteiger partial charge in [0.25, 0.3) is 0 Å². The van der Waals surface area contributed by atoms with E-state index in [9.17, 15) is 9.90 Å². The van der Waals surface area contributed by atoms with Gasteiger partial charge >= 0.3 is 5.97 Å². The van der Waals surface area contributed by atoms with Gasteiger partial charge in [0.05, 0.1) is 35.4 Å². The maximum atomic E-state index is 10.8. The number of hydrogen-bond acceptors (Lipinski definition) is 4. The number of rotatable bonds is 5. The van der Waals surface area contributed by atoms with Gasteiger partial charge in [0.1, 0.15) is 5.60 Å². The van der Waals surface area contributed by atoms with E-state index in [-0.39, 0.29) is 12.8 Å². The monoisotopic (exact) mass is 318 g/mol. The lowest BCUT2D eigenvalue weighted by atomic mass is 9.69. The van der Waals surface area contributed by atoms with Crippen LogP contribution in [0.15, 0.2) is 10.7 Å². The number of ether oxygens (including phenoxy) is 1. The van der Waals surface area contributed by atoms with E-state index in [1.165, 1.54) is 0 Å². The van der Waals surface area contributed by atoms with E-state index in [1.54, 1.807) is 18.0 Å². The summed E-state index contributed by atoms with van der Waals surface area (Å²) in [5.41, 5.74) is -0.469. The molecule has 0 spiro atoms. The molecule has 1 heterocycles. The molecule has 0 bridgehead atoms. The molecule has 1 aliphatic rings. The lowest BCUT2D eigenvalue weighted by Gasteiger charge is -2.41. The minimum Gasteiger partial charge on any atom is -0.481 e. The predicted molar refractivity (Wildman–Crippen MR) is 66.1 cm³/mol. The Morgan fingerprint density at radius 3 is 2.94 bits per heavy atom. The molecule has 1 aromatic heterocycles. The maximum Gasteiger partial charge on any atom is 0.306 e. The number of aromatic nitrogens is 2. The normalized spacial score (nSPS) is 26.9. The smallest absolute Gasteiger partial charge is 0.306 e. The fourth-order valence-corrected chi connectivity index (χ4v) is 2.96. The molecule has 18 heavy (non-hydrogen) atoms.